The molecule has 0 bridgehead atoms. The van der Waals surface area contributed by atoms with Gasteiger partial charge in [-0.15, -0.1) is 0 Å². The highest BCUT2D eigenvalue weighted by molar-refractivity contribution is 6.15. The minimum atomic E-state index is -0.396. The Morgan fingerprint density at radius 2 is 2.10 bits per heavy atom. The Labute approximate surface area is 171 Å². The fourth-order valence-corrected chi connectivity index (χ4v) is 3.40. The van der Waals surface area contributed by atoms with Crippen LogP contribution in [0.1, 0.15) is 30.4 Å². The van der Waals surface area contributed by atoms with Crippen molar-refractivity contribution in [2.75, 3.05) is 10.6 Å². The summed E-state index contributed by atoms with van der Waals surface area (Å²) in [5, 5.41) is 13.4. The molecule has 1 aliphatic heterocycles. The van der Waals surface area contributed by atoms with Crippen LogP contribution in [0.3, 0.4) is 0 Å². The SMILES string of the molecule is Cc1cc(F)ccc1Nc1cc(NC2CC2)n2ncc(/C=C3\CC(=O)NC3=O)c2n1. The van der Waals surface area contributed by atoms with Crippen molar-refractivity contribution in [1.29, 1.82) is 0 Å². The second-order valence-electron chi connectivity index (χ2n) is 7.59. The van der Waals surface area contributed by atoms with Crippen molar-refractivity contribution < 1.29 is 14.0 Å². The van der Waals surface area contributed by atoms with Gasteiger partial charge in [0.15, 0.2) is 5.65 Å². The second kappa shape index (κ2) is 6.94. The molecular weight excluding hydrogens is 387 g/mol. The average molecular weight is 406 g/mol. The van der Waals surface area contributed by atoms with Crippen LogP contribution >= 0.6 is 0 Å². The van der Waals surface area contributed by atoms with Gasteiger partial charge in [0.2, 0.25) is 5.91 Å². The lowest BCUT2D eigenvalue weighted by Gasteiger charge is -2.13. The number of anilines is 3. The third-order valence-corrected chi connectivity index (χ3v) is 5.10. The van der Waals surface area contributed by atoms with Gasteiger partial charge in [-0.1, -0.05) is 0 Å². The molecule has 0 spiro atoms. The number of hydrogen-bond donors (Lipinski definition) is 3. The molecule has 1 aliphatic carbocycles. The maximum atomic E-state index is 13.4. The predicted molar refractivity (Wildman–Crippen MR) is 110 cm³/mol. The first-order valence-corrected chi connectivity index (χ1v) is 9.69. The van der Waals surface area contributed by atoms with Crippen LogP contribution in [0.4, 0.5) is 21.7 Å². The molecule has 1 saturated heterocycles. The van der Waals surface area contributed by atoms with E-state index < -0.39 is 5.91 Å². The standard InChI is InChI=1S/C21H19FN6O2/c1-11-6-14(22)2-5-16(11)25-17-9-18(24-15-3-4-15)28-20(26-17)13(10-23-28)7-12-8-19(29)27-21(12)30/h2,5-7,9-10,15,24H,3-4,8H2,1H3,(H,25,26)(H,27,29,30)/b12-7+. The molecule has 30 heavy (non-hydrogen) atoms. The Balaban J connectivity index is 1.58. The van der Waals surface area contributed by atoms with Crippen molar-refractivity contribution in [3.05, 3.63) is 53.0 Å². The molecule has 3 heterocycles. The van der Waals surface area contributed by atoms with Crippen LogP contribution in [0.5, 0.6) is 0 Å². The molecule has 0 atom stereocenters. The predicted octanol–water partition coefficient (Wildman–Crippen LogP) is 2.92. The summed E-state index contributed by atoms with van der Waals surface area (Å²) in [6.45, 7) is 1.82. The lowest BCUT2D eigenvalue weighted by Crippen LogP contribution is -2.19. The molecule has 1 aromatic carbocycles. The quantitative estimate of drug-likeness (QED) is 0.445. The van der Waals surface area contributed by atoms with Gasteiger partial charge in [-0.05, 0) is 49.6 Å². The van der Waals surface area contributed by atoms with E-state index in [1.54, 1.807) is 22.9 Å². The third kappa shape index (κ3) is 3.49. The number of aryl methyl sites for hydroxylation is 1. The Morgan fingerprint density at radius 3 is 2.80 bits per heavy atom. The van der Waals surface area contributed by atoms with Crippen molar-refractivity contribution in [1.82, 2.24) is 19.9 Å². The zero-order chi connectivity index (χ0) is 20.8. The summed E-state index contributed by atoms with van der Waals surface area (Å²) in [5.41, 5.74) is 3.05. The van der Waals surface area contributed by atoms with Gasteiger partial charge in [-0.3, -0.25) is 14.9 Å². The van der Waals surface area contributed by atoms with E-state index >= 15 is 0 Å². The zero-order valence-electron chi connectivity index (χ0n) is 16.2. The van der Waals surface area contributed by atoms with Crippen LogP contribution < -0.4 is 16.0 Å². The van der Waals surface area contributed by atoms with Crippen LogP contribution in [-0.4, -0.2) is 32.5 Å². The zero-order valence-corrected chi connectivity index (χ0v) is 16.2. The highest BCUT2D eigenvalue weighted by atomic mass is 19.1. The number of benzene rings is 1. The first-order chi connectivity index (χ1) is 14.5. The number of hydrogen-bond acceptors (Lipinski definition) is 6. The van der Waals surface area contributed by atoms with Gasteiger partial charge < -0.3 is 10.6 Å². The van der Waals surface area contributed by atoms with Crippen molar-refractivity contribution in [2.45, 2.75) is 32.2 Å². The smallest absolute Gasteiger partial charge is 0.254 e. The highest BCUT2D eigenvalue weighted by Crippen LogP contribution is 2.29. The fourth-order valence-electron chi connectivity index (χ4n) is 3.40. The molecule has 2 aromatic heterocycles. The van der Waals surface area contributed by atoms with E-state index in [1.807, 2.05) is 13.0 Å². The minimum absolute atomic E-state index is 0.0378. The summed E-state index contributed by atoms with van der Waals surface area (Å²) in [5.74, 6) is 0.313. The maximum absolute atomic E-state index is 13.4. The van der Waals surface area contributed by atoms with Gasteiger partial charge in [0.25, 0.3) is 5.91 Å². The largest absolute Gasteiger partial charge is 0.367 e. The molecule has 0 unspecified atom stereocenters. The second-order valence-corrected chi connectivity index (χ2v) is 7.59. The van der Waals surface area contributed by atoms with Gasteiger partial charge in [0.1, 0.15) is 17.5 Å². The Bertz CT molecular complexity index is 1230. The third-order valence-electron chi connectivity index (χ3n) is 5.10. The Kier molecular flexibility index (Phi) is 4.23. The van der Waals surface area contributed by atoms with Crippen molar-refractivity contribution in [3.8, 4) is 0 Å². The van der Waals surface area contributed by atoms with Crippen LogP contribution in [0.25, 0.3) is 11.7 Å². The molecule has 9 heteroatoms. The van der Waals surface area contributed by atoms with Crippen molar-refractivity contribution in [2.24, 2.45) is 0 Å². The number of carbonyl (C=O) groups is 2. The summed E-state index contributed by atoms with van der Waals surface area (Å²) >= 11 is 0. The number of nitrogens with zero attached hydrogens (tertiary/aromatic N) is 3. The number of fused-ring (bicyclic) bond motifs is 1. The normalized spacial score (nSPS) is 17.6. The minimum Gasteiger partial charge on any atom is -0.367 e. The maximum Gasteiger partial charge on any atom is 0.254 e. The monoisotopic (exact) mass is 406 g/mol. The summed E-state index contributed by atoms with van der Waals surface area (Å²) in [7, 11) is 0. The van der Waals surface area contributed by atoms with E-state index in [2.05, 4.69) is 26.0 Å². The molecule has 2 aliphatic rings. The molecule has 152 valence electrons. The number of carbonyl (C=O) groups excluding carboxylic acids is 2. The van der Waals surface area contributed by atoms with Gasteiger partial charge in [0, 0.05) is 28.9 Å². The molecule has 5 rings (SSSR count). The number of rotatable bonds is 5. The van der Waals surface area contributed by atoms with Crippen molar-refractivity contribution >= 4 is 40.9 Å². The fraction of sp³-hybridized carbons (Fsp3) is 0.238. The van der Waals surface area contributed by atoms with Gasteiger partial charge in [0.05, 0.1) is 12.6 Å². The van der Waals surface area contributed by atoms with Gasteiger partial charge in [-0.2, -0.15) is 9.61 Å². The lowest BCUT2D eigenvalue weighted by molar-refractivity contribution is -0.124. The highest BCUT2D eigenvalue weighted by Gasteiger charge is 2.25. The van der Waals surface area contributed by atoms with Crippen LogP contribution in [0.15, 0.2) is 36.0 Å². The lowest BCUT2D eigenvalue weighted by atomic mass is 10.1. The Hall–Kier alpha value is -3.75. The summed E-state index contributed by atoms with van der Waals surface area (Å²) in [6.07, 6.45) is 5.48. The van der Waals surface area contributed by atoms with E-state index in [0.717, 1.165) is 29.9 Å². The first kappa shape index (κ1) is 18.3. The summed E-state index contributed by atoms with van der Waals surface area (Å²) in [6, 6.07) is 6.75. The van der Waals surface area contributed by atoms with Crippen LogP contribution in [0, 0.1) is 12.7 Å². The molecule has 3 N–H and O–H groups in total. The topological polar surface area (TPSA) is 100 Å². The van der Waals surface area contributed by atoms with E-state index in [9.17, 15) is 14.0 Å². The molecular formula is C21H19FN6O2. The molecule has 2 fully saturated rings. The first-order valence-electron chi connectivity index (χ1n) is 9.69. The van der Waals surface area contributed by atoms with E-state index in [-0.39, 0.29) is 18.1 Å². The molecule has 8 nitrogen and oxygen atoms in total. The molecule has 0 radical (unpaired) electrons. The molecule has 2 amide bonds. The van der Waals surface area contributed by atoms with E-state index in [4.69, 9.17) is 0 Å². The average Bonchev–Trinajstić information content (AvgIpc) is 3.33. The number of amides is 2. The van der Waals surface area contributed by atoms with Crippen LogP contribution in [0.2, 0.25) is 0 Å². The van der Waals surface area contributed by atoms with Crippen molar-refractivity contribution in [3.63, 3.8) is 0 Å². The van der Waals surface area contributed by atoms with E-state index in [0.29, 0.717) is 28.6 Å². The molecule has 1 saturated carbocycles. The number of imide groups is 1. The Morgan fingerprint density at radius 1 is 1.27 bits per heavy atom. The van der Waals surface area contributed by atoms with Crippen LogP contribution in [-0.2, 0) is 9.59 Å². The summed E-state index contributed by atoms with van der Waals surface area (Å²) in [4.78, 5) is 28.1. The molecule has 3 aromatic rings. The summed E-state index contributed by atoms with van der Waals surface area (Å²) < 4.78 is 15.1. The number of nitrogens with one attached hydrogen (secondary N) is 3. The number of halogens is 1. The number of aromatic nitrogens is 3. The van der Waals surface area contributed by atoms with Gasteiger partial charge in [-0.25, -0.2) is 9.37 Å². The van der Waals surface area contributed by atoms with Gasteiger partial charge >= 0.3 is 0 Å². The van der Waals surface area contributed by atoms with E-state index in [1.165, 1.54) is 12.1 Å².